The first-order valence-corrected chi connectivity index (χ1v) is 5.81. The lowest BCUT2D eigenvalue weighted by atomic mass is 10.2. The van der Waals surface area contributed by atoms with Gasteiger partial charge in [0.2, 0.25) is 0 Å². The molecule has 1 N–H and O–H groups in total. The van der Waals surface area contributed by atoms with Gasteiger partial charge in [0.15, 0.2) is 11.5 Å². The van der Waals surface area contributed by atoms with Crippen molar-refractivity contribution in [3.05, 3.63) is 30.1 Å². The van der Waals surface area contributed by atoms with Gasteiger partial charge in [0.05, 0.1) is 20.4 Å². The van der Waals surface area contributed by atoms with Gasteiger partial charge in [-0.25, -0.2) is 9.78 Å². The Bertz CT molecular complexity index is 643. The zero-order chi connectivity index (χ0) is 15.4. The molecular formula is C13H12F2N2O4. The van der Waals surface area contributed by atoms with Gasteiger partial charge in [-0.15, -0.1) is 0 Å². The SMILES string of the molecule is COC(=O)c1cnc(-c2ccc(OC)c(OC(F)F)c2)[nH]1. The molecule has 0 bridgehead atoms. The highest BCUT2D eigenvalue weighted by Gasteiger charge is 2.15. The Balaban J connectivity index is 2.35. The number of carbonyl (C=O) groups is 1. The van der Waals surface area contributed by atoms with E-state index in [1.807, 2.05) is 0 Å². The second kappa shape index (κ2) is 6.21. The van der Waals surface area contributed by atoms with E-state index in [2.05, 4.69) is 19.4 Å². The van der Waals surface area contributed by atoms with Crippen LogP contribution < -0.4 is 9.47 Å². The van der Waals surface area contributed by atoms with Crippen LogP contribution in [0.3, 0.4) is 0 Å². The summed E-state index contributed by atoms with van der Waals surface area (Å²) in [6.07, 6.45) is 1.29. The minimum Gasteiger partial charge on any atom is -0.493 e. The summed E-state index contributed by atoms with van der Waals surface area (Å²) < 4.78 is 38.6. The smallest absolute Gasteiger partial charge is 0.387 e. The van der Waals surface area contributed by atoms with E-state index >= 15 is 0 Å². The van der Waals surface area contributed by atoms with Gasteiger partial charge < -0.3 is 19.2 Å². The van der Waals surface area contributed by atoms with Gasteiger partial charge in [-0.1, -0.05) is 0 Å². The van der Waals surface area contributed by atoms with Crippen molar-refractivity contribution in [1.29, 1.82) is 0 Å². The van der Waals surface area contributed by atoms with Crippen LogP contribution in [-0.2, 0) is 4.74 Å². The zero-order valence-corrected chi connectivity index (χ0v) is 11.2. The predicted octanol–water partition coefficient (Wildman–Crippen LogP) is 2.47. The van der Waals surface area contributed by atoms with Crippen molar-refractivity contribution in [2.75, 3.05) is 14.2 Å². The summed E-state index contributed by atoms with van der Waals surface area (Å²) in [4.78, 5) is 18.1. The second-order valence-corrected chi connectivity index (χ2v) is 3.88. The van der Waals surface area contributed by atoms with E-state index in [1.165, 1.54) is 32.5 Å². The summed E-state index contributed by atoms with van der Waals surface area (Å²) >= 11 is 0. The van der Waals surface area contributed by atoms with E-state index in [0.717, 1.165) is 0 Å². The molecule has 0 spiro atoms. The van der Waals surface area contributed by atoms with Crippen LogP contribution in [0.15, 0.2) is 24.4 Å². The summed E-state index contributed by atoms with van der Waals surface area (Å²) in [6, 6.07) is 4.40. The molecule has 8 heteroatoms. The Morgan fingerprint density at radius 3 is 2.67 bits per heavy atom. The van der Waals surface area contributed by atoms with Crippen LogP contribution in [0.1, 0.15) is 10.5 Å². The standard InChI is InChI=1S/C13H12F2N2O4/c1-19-9-4-3-7(5-10(9)21-13(14)15)11-16-6-8(17-11)12(18)20-2/h3-6,13H,1-2H3,(H,16,17). The fraction of sp³-hybridized carbons (Fsp3) is 0.231. The number of H-pyrrole nitrogens is 1. The maximum atomic E-state index is 12.4. The number of halogens is 2. The van der Waals surface area contributed by atoms with Crippen LogP contribution >= 0.6 is 0 Å². The van der Waals surface area contributed by atoms with E-state index in [9.17, 15) is 13.6 Å². The summed E-state index contributed by atoms with van der Waals surface area (Å²) in [6.45, 7) is -2.98. The lowest BCUT2D eigenvalue weighted by Gasteiger charge is -2.10. The fourth-order valence-corrected chi connectivity index (χ4v) is 1.69. The lowest BCUT2D eigenvalue weighted by Crippen LogP contribution is -2.04. The Hall–Kier alpha value is -2.64. The van der Waals surface area contributed by atoms with E-state index in [4.69, 9.17) is 4.74 Å². The molecule has 0 aliphatic carbocycles. The molecule has 0 amide bonds. The number of methoxy groups -OCH3 is 2. The first-order valence-electron chi connectivity index (χ1n) is 5.81. The Morgan fingerprint density at radius 1 is 1.29 bits per heavy atom. The van der Waals surface area contributed by atoms with Crippen LogP contribution in [0.5, 0.6) is 11.5 Å². The number of nitrogens with one attached hydrogen (secondary N) is 1. The zero-order valence-electron chi connectivity index (χ0n) is 11.2. The molecule has 0 saturated heterocycles. The number of carbonyl (C=O) groups excluding carboxylic acids is 1. The van der Waals surface area contributed by atoms with Gasteiger partial charge >= 0.3 is 12.6 Å². The van der Waals surface area contributed by atoms with E-state index < -0.39 is 12.6 Å². The lowest BCUT2D eigenvalue weighted by molar-refractivity contribution is -0.0511. The van der Waals surface area contributed by atoms with Crippen molar-refractivity contribution < 1.29 is 27.8 Å². The van der Waals surface area contributed by atoms with Crippen LogP contribution in [-0.4, -0.2) is 36.8 Å². The minimum absolute atomic E-state index is 0.124. The predicted molar refractivity (Wildman–Crippen MR) is 68.5 cm³/mol. The highest BCUT2D eigenvalue weighted by molar-refractivity contribution is 5.87. The molecule has 0 saturated carbocycles. The molecule has 2 aromatic rings. The first-order chi connectivity index (χ1) is 10.0. The number of nitrogens with zero attached hydrogens (tertiary/aromatic N) is 1. The third kappa shape index (κ3) is 3.28. The number of hydrogen-bond donors (Lipinski definition) is 1. The van der Waals surface area contributed by atoms with Crippen molar-refractivity contribution in [1.82, 2.24) is 9.97 Å². The van der Waals surface area contributed by atoms with Crippen LogP contribution in [0, 0.1) is 0 Å². The second-order valence-electron chi connectivity index (χ2n) is 3.88. The maximum Gasteiger partial charge on any atom is 0.387 e. The highest BCUT2D eigenvalue weighted by Crippen LogP contribution is 2.32. The van der Waals surface area contributed by atoms with Crippen molar-refractivity contribution in [2.45, 2.75) is 6.61 Å². The summed E-state index contributed by atoms with van der Waals surface area (Å²) in [5, 5.41) is 0. The monoisotopic (exact) mass is 298 g/mol. The number of alkyl halides is 2. The van der Waals surface area contributed by atoms with Gasteiger partial charge in [-0.05, 0) is 18.2 Å². The average molecular weight is 298 g/mol. The van der Waals surface area contributed by atoms with Crippen LogP contribution in [0.4, 0.5) is 8.78 Å². The number of benzene rings is 1. The quantitative estimate of drug-likeness (QED) is 0.858. The topological polar surface area (TPSA) is 73.4 Å². The Kier molecular flexibility index (Phi) is 4.36. The number of esters is 1. The first kappa shape index (κ1) is 14.8. The molecule has 0 aliphatic rings. The molecule has 1 aromatic heterocycles. The van der Waals surface area contributed by atoms with Crippen molar-refractivity contribution >= 4 is 5.97 Å². The average Bonchev–Trinajstić information content (AvgIpc) is 2.95. The van der Waals surface area contributed by atoms with Gasteiger partial charge in [0.1, 0.15) is 11.5 Å². The molecule has 0 atom stereocenters. The molecular weight excluding hydrogens is 286 g/mol. The van der Waals surface area contributed by atoms with E-state index in [0.29, 0.717) is 11.4 Å². The number of imidazole rings is 1. The van der Waals surface area contributed by atoms with Gasteiger partial charge in [0, 0.05) is 5.56 Å². The number of aromatic nitrogens is 2. The maximum absolute atomic E-state index is 12.4. The number of ether oxygens (including phenoxy) is 3. The van der Waals surface area contributed by atoms with E-state index in [1.54, 1.807) is 6.07 Å². The van der Waals surface area contributed by atoms with Crippen molar-refractivity contribution in [3.8, 4) is 22.9 Å². The summed E-state index contributed by atoms with van der Waals surface area (Å²) in [7, 11) is 2.58. The number of aromatic amines is 1. The van der Waals surface area contributed by atoms with Gasteiger partial charge in [-0.2, -0.15) is 8.78 Å². The summed E-state index contributed by atoms with van der Waals surface area (Å²) in [5.74, 6) is -0.219. The molecule has 0 aliphatic heterocycles. The Morgan fingerprint density at radius 2 is 2.05 bits per heavy atom. The largest absolute Gasteiger partial charge is 0.493 e. The molecule has 2 rings (SSSR count). The van der Waals surface area contributed by atoms with E-state index in [-0.39, 0.29) is 17.2 Å². The molecule has 0 fully saturated rings. The molecule has 6 nitrogen and oxygen atoms in total. The normalized spacial score (nSPS) is 10.5. The molecule has 1 heterocycles. The van der Waals surface area contributed by atoms with Crippen LogP contribution in [0.25, 0.3) is 11.4 Å². The molecule has 0 radical (unpaired) electrons. The third-order valence-corrected chi connectivity index (χ3v) is 2.63. The van der Waals surface area contributed by atoms with Gasteiger partial charge in [0.25, 0.3) is 0 Å². The van der Waals surface area contributed by atoms with Crippen LogP contribution in [0.2, 0.25) is 0 Å². The number of hydrogen-bond acceptors (Lipinski definition) is 5. The van der Waals surface area contributed by atoms with Crippen molar-refractivity contribution in [3.63, 3.8) is 0 Å². The molecule has 0 unspecified atom stereocenters. The Labute approximate surface area is 118 Å². The third-order valence-electron chi connectivity index (χ3n) is 2.63. The molecule has 112 valence electrons. The number of rotatable bonds is 5. The highest BCUT2D eigenvalue weighted by atomic mass is 19.3. The molecule has 1 aromatic carbocycles. The summed E-state index contributed by atoms with van der Waals surface area (Å²) in [5.41, 5.74) is 0.612. The fourth-order valence-electron chi connectivity index (χ4n) is 1.69. The minimum atomic E-state index is -2.98. The molecule has 21 heavy (non-hydrogen) atoms. The van der Waals surface area contributed by atoms with Crippen molar-refractivity contribution in [2.24, 2.45) is 0 Å². The van der Waals surface area contributed by atoms with Gasteiger partial charge in [-0.3, -0.25) is 0 Å².